The Morgan fingerprint density at radius 2 is 2.18 bits per heavy atom. The zero-order chi connectivity index (χ0) is 13.1. The van der Waals surface area contributed by atoms with Gasteiger partial charge in [-0.2, -0.15) is 0 Å². The number of nitrogens with zero attached hydrogens (tertiary/aromatic N) is 1. The minimum Gasteiger partial charge on any atom is -0.443 e. The molecular formula is C10H20N2O4S. The van der Waals surface area contributed by atoms with Crippen LogP contribution in [-0.4, -0.2) is 50.4 Å². The number of amides is 1. The number of sulfonamides is 1. The van der Waals surface area contributed by atoms with Gasteiger partial charge in [0.05, 0.1) is 12.3 Å². The van der Waals surface area contributed by atoms with Crippen molar-refractivity contribution in [3.63, 3.8) is 0 Å². The van der Waals surface area contributed by atoms with Crippen LogP contribution in [-0.2, 0) is 14.8 Å². The molecule has 7 heteroatoms. The van der Waals surface area contributed by atoms with Crippen LogP contribution in [0.25, 0.3) is 0 Å². The van der Waals surface area contributed by atoms with Crippen LogP contribution in [0.3, 0.4) is 0 Å². The topological polar surface area (TPSA) is 75.7 Å². The summed E-state index contributed by atoms with van der Waals surface area (Å²) in [6, 6.07) is 0.0692. The second kappa shape index (κ2) is 5.68. The van der Waals surface area contributed by atoms with E-state index in [4.69, 9.17) is 4.74 Å². The van der Waals surface area contributed by atoms with Crippen molar-refractivity contribution < 1.29 is 17.9 Å². The van der Waals surface area contributed by atoms with Crippen LogP contribution in [0, 0.1) is 0 Å². The smallest absolute Gasteiger partial charge is 0.410 e. The highest BCUT2D eigenvalue weighted by Crippen LogP contribution is 2.13. The fourth-order valence-electron chi connectivity index (χ4n) is 1.63. The summed E-state index contributed by atoms with van der Waals surface area (Å²) in [5.74, 6) is 0.0988. The van der Waals surface area contributed by atoms with Gasteiger partial charge in [-0.25, -0.2) is 17.9 Å². The third-order valence-corrected chi connectivity index (χ3v) is 4.08. The molecule has 0 spiro atoms. The molecule has 0 saturated carbocycles. The number of cyclic esters (lactones) is 1. The number of nitrogens with one attached hydrogen (secondary N) is 1. The molecule has 1 unspecified atom stereocenters. The van der Waals surface area contributed by atoms with E-state index in [0.717, 1.165) is 0 Å². The molecule has 1 amide bonds. The molecule has 1 heterocycles. The largest absolute Gasteiger partial charge is 0.443 e. The summed E-state index contributed by atoms with van der Waals surface area (Å²) in [7, 11) is -3.23. The van der Waals surface area contributed by atoms with E-state index in [1.54, 1.807) is 11.8 Å². The van der Waals surface area contributed by atoms with Gasteiger partial charge in [-0.3, -0.25) is 0 Å². The maximum absolute atomic E-state index is 11.4. The molecule has 100 valence electrons. The van der Waals surface area contributed by atoms with Crippen LogP contribution in [0.15, 0.2) is 0 Å². The Labute approximate surface area is 102 Å². The number of carbonyl (C=O) groups excluding carboxylic acids is 1. The third-order valence-electron chi connectivity index (χ3n) is 2.53. The van der Waals surface area contributed by atoms with Gasteiger partial charge in [0.25, 0.3) is 0 Å². The molecule has 1 saturated heterocycles. The van der Waals surface area contributed by atoms with E-state index in [1.807, 2.05) is 13.8 Å². The summed E-state index contributed by atoms with van der Waals surface area (Å²) in [5.41, 5.74) is 0. The van der Waals surface area contributed by atoms with Gasteiger partial charge in [-0.05, 0) is 20.3 Å². The van der Waals surface area contributed by atoms with Crippen LogP contribution in [0.1, 0.15) is 27.2 Å². The SMILES string of the molecule is CCCS(=O)(=O)NCC1CN(C(C)C)C(=O)O1. The Balaban J connectivity index is 2.43. The van der Waals surface area contributed by atoms with E-state index in [2.05, 4.69) is 4.72 Å². The molecule has 1 aliphatic heterocycles. The van der Waals surface area contributed by atoms with Crippen molar-refractivity contribution in [2.75, 3.05) is 18.8 Å². The van der Waals surface area contributed by atoms with E-state index < -0.39 is 16.1 Å². The Hall–Kier alpha value is -0.820. The molecule has 1 N–H and O–H groups in total. The lowest BCUT2D eigenvalue weighted by atomic mass is 10.3. The summed E-state index contributed by atoms with van der Waals surface area (Å²) in [6.07, 6.45) is -0.200. The molecule has 0 aromatic rings. The Kier molecular flexibility index (Phi) is 4.76. The highest BCUT2D eigenvalue weighted by Gasteiger charge is 2.33. The van der Waals surface area contributed by atoms with Gasteiger partial charge in [0.1, 0.15) is 6.10 Å². The van der Waals surface area contributed by atoms with Gasteiger partial charge in [0.15, 0.2) is 0 Å². The van der Waals surface area contributed by atoms with Crippen LogP contribution in [0.4, 0.5) is 4.79 Å². The number of carbonyl (C=O) groups is 1. The van der Waals surface area contributed by atoms with Gasteiger partial charge in [-0.15, -0.1) is 0 Å². The van der Waals surface area contributed by atoms with Crippen LogP contribution in [0.2, 0.25) is 0 Å². The first-order valence-corrected chi connectivity index (χ1v) is 7.45. The maximum atomic E-state index is 11.4. The van der Waals surface area contributed by atoms with Gasteiger partial charge in [0.2, 0.25) is 10.0 Å². The van der Waals surface area contributed by atoms with Gasteiger partial charge in [-0.1, -0.05) is 6.92 Å². The molecule has 0 radical (unpaired) electrons. The Bertz CT molecular complexity index is 367. The van der Waals surface area contributed by atoms with E-state index in [1.165, 1.54) is 0 Å². The van der Waals surface area contributed by atoms with Crippen molar-refractivity contribution >= 4 is 16.1 Å². The zero-order valence-electron chi connectivity index (χ0n) is 10.5. The quantitative estimate of drug-likeness (QED) is 0.760. The van der Waals surface area contributed by atoms with Gasteiger partial charge in [0, 0.05) is 12.6 Å². The molecule has 6 nitrogen and oxygen atoms in total. The molecule has 1 fully saturated rings. The zero-order valence-corrected chi connectivity index (χ0v) is 11.3. The average Bonchev–Trinajstić information content (AvgIpc) is 2.57. The molecule has 0 aliphatic carbocycles. The lowest BCUT2D eigenvalue weighted by Crippen LogP contribution is -2.37. The first-order chi connectivity index (χ1) is 7.85. The van der Waals surface area contributed by atoms with Gasteiger partial charge < -0.3 is 9.64 Å². The number of ether oxygens (including phenoxy) is 1. The Morgan fingerprint density at radius 1 is 1.53 bits per heavy atom. The maximum Gasteiger partial charge on any atom is 0.410 e. The van der Waals surface area contributed by atoms with Crippen LogP contribution < -0.4 is 4.72 Å². The average molecular weight is 264 g/mol. The molecule has 0 aromatic heterocycles. The predicted octanol–water partition coefficient (Wildman–Crippen LogP) is 0.545. The van der Waals surface area contributed by atoms with Crippen LogP contribution in [0.5, 0.6) is 0 Å². The first-order valence-electron chi connectivity index (χ1n) is 5.80. The standard InChI is InChI=1S/C10H20N2O4S/c1-4-5-17(14,15)11-6-9-7-12(8(2)3)10(13)16-9/h8-9,11H,4-7H2,1-3H3. The van der Waals surface area contributed by atoms with E-state index in [-0.39, 0.29) is 24.4 Å². The lowest BCUT2D eigenvalue weighted by molar-refractivity contribution is 0.130. The summed E-state index contributed by atoms with van der Waals surface area (Å²) in [6.45, 7) is 6.17. The molecular weight excluding hydrogens is 244 g/mol. The summed E-state index contributed by atoms with van der Waals surface area (Å²) in [4.78, 5) is 13.0. The molecule has 0 bridgehead atoms. The molecule has 1 aliphatic rings. The van der Waals surface area contributed by atoms with Crippen molar-refractivity contribution in [3.8, 4) is 0 Å². The number of hydrogen-bond donors (Lipinski definition) is 1. The van der Waals surface area contributed by atoms with Crippen molar-refractivity contribution in [1.82, 2.24) is 9.62 Å². The second-order valence-electron chi connectivity index (χ2n) is 4.42. The van der Waals surface area contributed by atoms with E-state index in [9.17, 15) is 13.2 Å². The predicted molar refractivity (Wildman–Crippen MR) is 64.2 cm³/mol. The molecule has 1 rings (SSSR count). The van der Waals surface area contributed by atoms with Crippen molar-refractivity contribution in [2.24, 2.45) is 0 Å². The summed E-state index contributed by atoms with van der Waals surface area (Å²) >= 11 is 0. The van der Waals surface area contributed by atoms with Crippen molar-refractivity contribution in [2.45, 2.75) is 39.3 Å². The summed E-state index contributed by atoms with van der Waals surface area (Å²) in [5, 5.41) is 0. The highest BCUT2D eigenvalue weighted by molar-refractivity contribution is 7.89. The minimum absolute atomic E-state index is 0.0692. The minimum atomic E-state index is -3.23. The molecule has 17 heavy (non-hydrogen) atoms. The third kappa shape index (κ3) is 4.16. The van der Waals surface area contributed by atoms with Crippen LogP contribution >= 0.6 is 0 Å². The lowest BCUT2D eigenvalue weighted by Gasteiger charge is -2.16. The normalized spacial score (nSPS) is 21.1. The second-order valence-corrected chi connectivity index (χ2v) is 6.35. The van der Waals surface area contributed by atoms with Crippen molar-refractivity contribution in [1.29, 1.82) is 0 Å². The fourth-order valence-corrected chi connectivity index (χ4v) is 2.75. The fraction of sp³-hybridized carbons (Fsp3) is 0.900. The molecule has 1 atom stereocenters. The molecule has 0 aromatic carbocycles. The summed E-state index contributed by atoms with van der Waals surface area (Å²) < 4.78 is 30.4. The monoisotopic (exact) mass is 264 g/mol. The van der Waals surface area contributed by atoms with Crippen molar-refractivity contribution in [3.05, 3.63) is 0 Å². The number of hydrogen-bond acceptors (Lipinski definition) is 4. The first kappa shape index (κ1) is 14.2. The Morgan fingerprint density at radius 3 is 2.65 bits per heavy atom. The number of rotatable bonds is 6. The highest BCUT2D eigenvalue weighted by atomic mass is 32.2. The van der Waals surface area contributed by atoms with Gasteiger partial charge >= 0.3 is 6.09 Å². The van der Waals surface area contributed by atoms with E-state index >= 15 is 0 Å². The van der Waals surface area contributed by atoms with E-state index in [0.29, 0.717) is 13.0 Å².